The number of carbonyl (C=O) groups is 3. The van der Waals surface area contributed by atoms with Crippen LogP contribution in [0.15, 0.2) is 71.9 Å². The van der Waals surface area contributed by atoms with Gasteiger partial charge in [0.1, 0.15) is 0 Å². The topological polar surface area (TPSA) is 66.5 Å². The summed E-state index contributed by atoms with van der Waals surface area (Å²) in [6, 6.07) is 16.6. The number of hydrogen-bond acceptors (Lipinski definition) is 3. The van der Waals surface area contributed by atoms with Crippen LogP contribution in [-0.2, 0) is 16.0 Å². The van der Waals surface area contributed by atoms with Gasteiger partial charge >= 0.3 is 6.18 Å². The van der Waals surface area contributed by atoms with Crippen LogP contribution in [0.25, 0.3) is 0 Å². The standard InChI is InChI=1S/C28H29F3N2O3/c1-19-23(24(34)21-13-7-3-8-14-21)27(28(29,30)31,32-25(35)22-15-9-4-10-16-22)26(36)33(19)18-17-20-11-5-2-6-12-20/h2-3,5-8,11-14,22H,4,9-10,15-18H2,1H3,(H,32,35). The molecule has 0 aromatic heterocycles. The fraction of sp³-hybridized carbons (Fsp3) is 0.393. The van der Waals surface area contributed by atoms with Crippen molar-refractivity contribution >= 4 is 17.6 Å². The fourth-order valence-electron chi connectivity index (χ4n) is 5.19. The number of nitrogens with one attached hydrogen (secondary N) is 1. The third-order valence-electron chi connectivity index (χ3n) is 7.15. The predicted molar refractivity (Wildman–Crippen MR) is 129 cm³/mol. The second kappa shape index (κ2) is 10.3. The zero-order valence-corrected chi connectivity index (χ0v) is 20.1. The first-order chi connectivity index (χ1) is 17.2. The molecule has 4 rings (SSSR count). The Hall–Kier alpha value is -3.42. The fourth-order valence-corrected chi connectivity index (χ4v) is 5.19. The highest BCUT2D eigenvalue weighted by molar-refractivity contribution is 6.19. The number of rotatable bonds is 7. The molecule has 0 saturated heterocycles. The van der Waals surface area contributed by atoms with E-state index in [9.17, 15) is 27.6 Å². The average Bonchev–Trinajstić information content (AvgIpc) is 3.10. The van der Waals surface area contributed by atoms with Crippen LogP contribution in [0.4, 0.5) is 13.2 Å². The van der Waals surface area contributed by atoms with Crippen molar-refractivity contribution in [2.45, 2.75) is 57.2 Å². The molecule has 190 valence electrons. The van der Waals surface area contributed by atoms with Crippen molar-refractivity contribution in [2.24, 2.45) is 5.92 Å². The molecule has 1 fully saturated rings. The molecule has 2 aromatic carbocycles. The lowest BCUT2D eigenvalue weighted by Gasteiger charge is -2.35. The highest BCUT2D eigenvalue weighted by Crippen LogP contribution is 2.46. The number of carbonyl (C=O) groups excluding carboxylic acids is 3. The summed E-state index contributed by atoms with van der Waals surface area (Å²) in [5, 5.41) is 2.08. The average molecular weight is 499 g/mol. The normalized spacial score (nSPS) is 21.1. The van der Waals surface area contributed by atoms with E-state index in [0.717, 1.165) is 29.7 Å². The van der Waals surface area contributed by atoms with Crippen LogP contribution >= 0.6 is 0 Å². The molecule has 36 heavy (non-hydrogen) atoms. The van der Waals surface area contributed by atoms with Gasteiger partial charge in [-0.25, -0.2) is 0 Å². The van der Waals surface area contributed by atoms with E-state index in [4.69, 9.17) is 0 Å². The highest BCUT2D eigenvalue weighted by atomic mass is 19.4. The number of benzene rings is 2. The molecule has 2 aliphatic rings. The highest BCUT2D eigenvalue weighted by Gasteiger charge is 2.70. The van der Waals surface area contributed by atoms with Crippen LogP contribution in [0.1, 0.15) is 54.9 Å². The number of amides is 2. The quantitative estimate of drug-likeness (QED) is 0.532. The van der Waals surface area contributed by atoms with Crippen molar-refractivity contribution in [3.8, 4) is 0 Å². The van der Waals surface area contributed by atoms with Gasteiger partial charge in [0, 0.05) is 23.7 Å². The number of hydrogen-bond donors (Lipinski definition) is 1. The van der Waals surface area contributed by atoms with Gasteiger partial charge in [-0.15, -0.1) is 0 Å². The van der Waals surface area contributed by atoms with Crippen LogP contribution < -0.4 is 5.32 Å². The van der Waals surface area contributed by atoms with E-state index in [1.54, 1.807) is 30.3 Å². The number of alkyl halides is 3. The Morgan fingerprint density at radius 1 is 0.972 bits per heavy atom. The molecule has 1 N–H and O–H groups in total. The maximum atomic E-state index is 15.0. The lowest BCUT2D eigenvalue weighted by atomic mass is 9.82. The Kier molecular flexibility index (Phi) is 7.33. The smallest absolute Gasteiger partial charge is 0.330 e. The molecule has 0 radical (unpaired) electrons. The molecule has 0 bridgehead atoms. The summed E-state index contributed by atoms with van der Waals surface area (Å²) < 4.78 is 44.9. The Labute approximate surface area is 208 Å². The van der Waals surface area contributed by atoms with Gasteiger partial charge in [0.2, 0.25) is 11.4 Å². The van der Waals surface area contributed by atoms with E-state index in [1.807, 2.05) is 18.2 Å². The molecular formula is C28H29F3N2O3. The van der Waals surface area contributed by atoms with Gasteiger partial charge in [0.25, 0.3) is 5.91 Å². The molecule has 1 aliphatic carbocycles. The maximum absolute atomic E-state index is 15.0. The monoisotopic (exact) mass is 498 g/mol. The maximum Gasteiger partial charge on any atom is 0.425 e. The summed E-state index contributed by atoms with van der Waals surface area (Å²) in [5.74, 6) is -3.73. The Morgan fingerprint density at radius 3 is 2.14 bits per heavy atom. The zero-order chi connectivity index (χ0) is 25.9. The summed E-state index contributed by atoms with van der Waals surface area (Å²) >= 11 is 0. The minimum Gasteiger partial charge on any atom is -0.330 e. The van der Waals surface area contributed by atoms with Crippen molar-refractivity contribution in [3.05, 3.63) is 83.1 Å². The molecule has 1 saturated carbocycles. The minimum absolute atomic E-state index is 0.0186. The molecular weight excluding hydrogens is 469 g/mol. The van der Waals surface area contributed by atoms with E-state index >= 15 is 0 Å². The molecule has 1 heterocycles. The summed E-state index contributed by atoms with van der Waals surface area (Å²) in [4.78, 5) is 41.4. The van der Waals surface area contributed by atoms with Crippen LogP contribution in [-0.4, -0.2) is 40.8 Å². The molecule has 1 aliphatic heterocycles. The lowest BCUT2D eigenvalue weighted by Crippen LogP contribution is -2.67. The van der Waals surface area contributed by atoms with E-state index in [2.05, 4.69) is 5.32 Å². The minimum atomic E-state index is -5.23. The first kappa shape index (κ1) is 25.7. The van der Waals surface area contributed by atoms with Gasteiger partial charge in [-0.1, -0.05) is 79.9 Å². The molecule has 0 spiro atoms. The Bertz CT molecular complexity index is 1160. The van der Waals surface area contributed by atoms with E-state index < -0.39 is 40.8 Å². The molecule has 1 unspecified atom stereocenters. The molecule has 2 amide bonds. The van der Waals surface area contributed by atoms with Gasteiger partial charge in [-0.3, -0.25) is 14.4 Å². The van der Waals surface area contributed by atoms with Crippen molar-refractivity contribution < 1.29 is 27.6 Å². The number of Topliss-reactive ketones (excluding diaryl/α,β-unsaturated/α-hetero) is 1. The van der Waals surface area contributed by atoms with E-state index in [0.29, 0.717) is 19.3 Å². The van der Waals surface area contributed by atoms with Gasteiger partial charge in [0.15, 0.2) is 5.78 Å². The number of nitrogens with zero attached hydrogens (tertiary/aromatic N) is 1. The van der Waals surface area contributed by atoms with Crippen LogP contribution in [0.2, 0.25) is 0 Å². The molecule has 8 heteroatoms. The van der Waals surface area contributed by atoms with Crippen molar-refractivity contribution in [1.82, 2.24) is 10.2 Å². The Balaban J connectivity index is 1.78. The molecule has 5 nitrogen and oxygen atoms in total. The van der Waals surface area contributed by atoms with Crippen molar-refractivity contribution in [2.75, 3.05) is 6.54 Å². The zero-order valence-electron chi connectivity index (χ0n) is 20.1. The Morgan fingerprint density at radius 2 is 1.56 bits per heavy atom. The summed E-state index contributed by atoms with van der Waals surface area (Å²) in [6.07, 6.45) is -1.64. The second-order valence-corrected chi connectivity index (χ2v) is 9.42. The third kappa shape index (κ3) is 4.68. The number of allylic oxidation sites excluding steroid dienone is 1. The summed E-state index contributed by atoms with van der Waals surface area (Å²) in [7, 11) is 0. The van der Waals surface area contributed by atoms with E-state index in [-0.39, 0.29) is 17.8 Å². The van der Waals surface area contributed by atoms with Gasteiger partial charge in [-0.2, -0.15) is 13.2 Å². The second-order valence-electron chi connectivity index (χ2n) is 9.42. The van der Waals surface area contributed by atoms with Gasteiger partial charge in [-0.05, 0) is 31.7 Å². The SMILES string of the molecule is CC1=C(C(=O)c2ccccc2)C(NC(=O)C2CCCCC2)(C(F)(F)F)C(=O)N1CCc1ccccc1. The van der Waals surface area contributed by atoms with Crippen molar-refractivity contribution in [3.63, 3.8) is 0 Å². The third-order valence-corrected chi connectivity index (χ3v) is 7.15. The van der Waals surface area contributed by atoms with Crippen LogP contribution in [0, 0.1) is 5.92 Å². The van der Waals surface area contributed by atoms with Crippen LogP contribution in [0.5, 0.6) is 0 Å². The predicted octanol–water partition coefficient (Wildman–Crippen LogP) is 5.23. The number of ketones is 1. The number of halogens is 3. The molecule has 2 aromatic rings. The van der Waals surface area contributed by atoms with Gasteiger partial charge in [0.05, 0.1) is 5.57 Å². The van der Waals surface area contributed by atoms with Crippen molar-refractivity contribution in [1.29, 1.82) is 0 Å². The summed E-state index contributed by atoms with van der Waals surface area (Å²) in [6.45, 7) is 1.29. The summed E-state index contributed by atoms with van der Waals surface area (Å²) in [5.41, 5.74) is -3.40. The largest absolute Gasteiger partial charge is 0.425 e. The first-order valence-corrected chi connectivity index (χ1v) is 12.2. The lowest BCUT2D eigenvalue weighted by molar-refractivity contribution is -0.194. The van der Waals surface area contributed by atoms with E-state index in [1.165, 1.54) is 19.1 Å². The molecule has 1 atom stereocenters. The van der Waals surface area contributed by atoms with Crippen LogP contribution in [0.3, 0.4) is 0 Å². The first-order valence-electron chi connectivity index (χ1n) is 12.2. The van der Waals surface area contributed by atoms with Gasteiger partial charge < -0.3 is 10.2 Å².